The molecule has 0 saturated carbocycles. The van der Waals surface area contributed by atoms with Crippen LogP contribution in [0.15, 0.2) is 72.3 Å². The second-order valence-electron chi connectivity index (χ2n) is 8.18. The summed E-state index contributed by atoms with van der Waals surface area (Å²) in [4.78, 5) is 27.1. The number of aromatic hydroxyl groups is 1. The van der Waals surface area contributed by atoms with Crippen molar-refractivity contribution in [3.05, 3.63) is 106 Å². The molecule has 0 bridgehead atoms. The van der Waals surface area contributed by atoms with Gasteiger partial charge in [-0.1, -0.05) is 24.3 Å². The van der Waals surface area contributed by atoms with Crippen molar-refractivity contribution in [1.82, 2.24) is 4.90 Å². The predicted molar refractivity (Wildman–Crippen MR) is 119 cm³/mol. The van der Waals surface area contributed by atoms with Gasteiger partial charge in [-0.3, -0.25) is 9.59 Å². The average molecular weight is 485 g/mol. The molecule has 1 amide bonds. The minimum atomic E-state index is -4.60. The van der Waals surface area contributed by atoms with Gasteiger partial charge in [0, 0.05) is 12.1 Å². The van der Waals surface area contributed by atoms with E-state index in [0.717, 1.165) is 23.1 Å². The molecule has 35 heavy (non-hydrogen) atoms. The third-order valence-corrected chi connectivity index (χ3v) is 5.79. The van der Waals surface area contributed by atoms with Gasteiger partial charge in [0.25, 0.3) is 11.7 Å². The van der Waals surface area contributed by atoms with Crippen LogP contribution in [0, 0.1) is 12.7 Å². The van der Waals surface area contributed by atoms with Gasteiger partial charge in [-0.05, 0) is 66.1 Å². The number of carbonyl (C=O) groups excluding carboxylic acids is 2. The summed E-state index contributed by atoms with van der Waals surface area (Å²) in [5, 5.41) is 20.7. The summed E-state index contributed by atoms with van der Waals surface area (Å²) in [7, 11) is 0. The second-order valence-corrected chi connectivity index (χ2v) is 8.18. The number of hydrogen-bond donors (Lipinski definition) is 2. The van der Waals surface area contributed by atoms with Gasteiger partial charge in [0.05, 0.1) is 17.2 Å². The predicted octanol–water partition coefficient (Wildman–Crippen LogP) is 5.48. The number of likely N-dealkylation sites (tertiary alicyclic amines) is 1. The number of rotatable bonds is 4. The van der Waals surface area contributed by atoms with Gasteiger partial charge in [0.1, 0.15) is 17.3 Å². The summed E-state index contributed by atoms with van der Waals surface area (Å²) >= 11 is 0. The van der Waals surface area contributed by atoms with E-state index < -0.39 is 41.0 Å². The molecule has 1 atom stereocenters. The number of carbonyl (C=O) groups is 2. The molecule has 4 rings (SSSR count). The molecular weight excluding hydrogens is 466 g/mol. The summed E-state index contributed by atoms with van der Waals surface area (Å²) in [6.45, 7) is 1.12. The molecule has 1 unspecified atom stereocenters. The fourth-order valence-corrected chi connectivity index (χ4v) is 4.04. The van der Waals surface area contributed by atoms with E-state index in [4.69, 9.17) is 0 Å². The lowest BCUT2D eigenvalue weighted by Gasteiger charge is -2.26. The summed E-state index contributed by atoms with van der Waals surface area (Å²) in [5.74, 6) is -3.20. The SMILES string of the molecule is Cc1cc(/C(O)=C2\C(=O)C(=O)N(Cc3cccc(C(F)(F)F)c3)C2c2ccc(O)cc2)ccc1F. The number of alkyl halides is 3. The highest BCUT2D eigenvalue weighted by atomic mass is 19.4. The standard InChI is InChI=1S/C26H19F4NO4/c1-14-11-17(7-10-20(14)27)23(33)21-22(16-5-8-19(32)9-6-16)31(25(35)24(21)34)13-15-3-2-4-18(12-15)26(28,29)30/h2-12,22,32-33H,13H2,1H3/b23-21+. The molecule has 3 aromatic carbocycles. The van der Waals surface area contributed by atoms with Crippen LogP contribution >= 0.6 is 0 Å². The lowest BCUT2D eigenvalue weighted by Crippen LogP contribution is -2.29. The Hall–Kier alpha value is -4.14. The number of halogens is 4. The minimum absolute atomic E-state index is 0.0854. The molecule has 1 fully saturated rings. The molecule has 0 aromatic heterocycles. The van der Waals surface area contributed by atoms with Crippen molar-refractivity contribution in [3.63, 3.8) is 0 Å². The molecule has 1 heterocycles. The van der Waals surface area contributed by atoms with Crippen LogP contribution in [0.2, 0.25) is 0 Å². The monoisotopic (exact) mass is 485 g/mol. The van der Waals surface area contributed by atoms with E-state index in [2.05, 4.69) is 0 Å². The second kappa shape index (κ2) is 8.90. The Morgan fingerprint density at radius 3 is 2.31 bits per heavy atom. The summed E-state index contributed by atoms with van der Waals surface area (Å²) < 4.78 is 53.3. The van der Waals surface area contributed by atoms with Gasteiger partial charge in [0.15, 0.2) is 0 Å². The van der Waals surface area contributed by atoms with E-state index in [1.54, 1.807) is 0 Å². The number of amides is 1. The normalized spacial score (nSPS) is 17.7. The van der Waals surface area contributed by atoms with Crippen molar-refractivity contribution in [1.29, 1.82) is 0 Å². The van der Waals surface area contributed by atoms with Gasteiger partial charge >= 0.3 is 6.18 Å². The van der Waals surface area contributed by atoms with E-state index in [9.17, 15) is 37.4 Å². The van der Waals surface area contributed by atoms with Crippen LogP contribution in [0.4, 0.5) is 17.6 Å². The number of aryl methyl sites for hydroxylation is 1. The number of Topliss-reactive ketones (excluding diaryl/α,β-unsaturated/α-hetero) is 1. The number of nitrogens with zero attached hydrogens (tertiary/aromatic N) is 1. The number of hydrogen-bond acceptors (Lipinski definition) is 4. The van der Waals surface area contributed by atoms with Crippen molar-refractivity contribution < 1.29 is 37.4 Å². The summed E-state index contributed by atoms with van der Waals surface area (Å²) in [6, 6.07) is 12.4. The molecular formula is C26H19F4NO4. The van der Waals surface area contributed by atoms with Crippen molar-refractivity contribution in [2.24, 2.45) is 0 Å². The van der Waals surface area contributed by atoms with Crippen LogP contribution in [0.5, 0.6) is 5.75 Å². The fraction of sp³-hybridized carbons (Fsp3) is 0.154. The third-order valence-electron chi connectivity index (χ3n) is 5.79. The molecule has 0 aliphatic carbocycles. The van der Waals surface area contributed by atoms with Crippen molar-refractivity contribution >= 4 is 17.4 Å². The first kappa shape index (κ1) is 24.0. The number of aliphatic hydroxyl groups excluding tert-OH is 1. The number of phenols is 1. The zero-order valence-electron chi connectivity index (χ0n) is 18.3. The van der Waals surface area contributed by atoms with Crippen LogP contribution in [0.3, 0.4) is 0 Å². The highest BCUT2D eigenvalue weighted by molar-refractivity contribution is 6.46. The number of phenolic OH excluding ortho intramolecular Hbond substituents is 1. The minimum Gasteiger partial charge on any atom is -0.508 e. The zero-order chi connectivity index (χ0) is 25.5. The Morgan fingerprint density at radius 1 is 1.00 bits per heavy atom. The van der Waals surface area contributed by atoms with E-state index >= 15 is 0 Å². The van der Waals surface area contributed by atoms with Crippen LogP contribution in [-0.4, -0.2) is 26.8 Å². The largest absolute Gasteiger partial charge is 0.508 e. The van der Waals surface area contributed by atoms with Crippen LogP contribution < -0.4 is 0 Å². The van der Waals surface area contributed by atoms with Gasteiger partial charge in [-0.15, -0.1) is 0 Å². The Kier molecular flexibility index (Phi) is 6.10. The summed E-state index contributed by atoms with van der Waals surface area (Å²) in [5.41, 5.74) is -0.427. The molecule has 9 heteroatoms. The van der Waals surface area contributed by atoms with Gasteiger partial charge in [0.2, 0.25) is 0 Å². The fourth-order valence-electron chi connectivity index (χ4n) is 4.04. The highest BCUT2D eigenvalue weighted by Crippen LogP contribution is 2.41. The number of benzene rings is 3. The van der Waals surface area contributed by atoms with E-state index in [1.165, 1.54) is 55.5 Å². The van der Waals surface area contributed by atoms with Gasteiger partial charge in [-0.2, -0.15) is 13.2 Å². The Bertz CT molecular complexity index is 1350. The Morgan fingerprint density at radius 2 is 1.69 bits per heavy atom. The topological polar surface area (TPSA) is 77.8 Å². The smallest absolute Gasteiger partial charge is 0.416 e. The van der Waals surface area contributed by atoms with Gasteiger partial charge in [-0.25, -0.2) is 4.39 Å². The average Bonchev–Trinajstić information content (AvgIpc) is 3.05. The highest BCUT2D eigenvalue weighted by Gasteiger charge is 2.46. The first-order chi connectivity index (χ1) is 16.5. The lowest BCUT2D eigenvalue weighted by atomic mass is 9.94. The maximum absolute atomic E-state index is 13.7. The molecule has 1 aliphatic heterocycles. The summed E-state index contributed by atoms with van der Waals surface area (Å²) in [6.07, 6.45) is -4.60. The first-order valence-electron chi connectivity index (χ1n) is 10.5. The van der Waals surface area contributed by atoms with Crippen LogP contribution in [0.1, 0.15) is 33.9 Å². The quantitative estimate of drug-likeness (QED) is 0.222. The van der Waals surface area contributed by atoms with Crippen LogP contribution in [-0.2, 0) is 22.3 Å². The molecule has 0 radical (unpaired) electrons. The number of aliphatic hydroxyl groups is 1. The number of ketones is 1. The molecule has 0 spiro atoms. The molecule has 5 nitrogen and oxygen atoms in total. The lowest BCUT2D eigenvalue weighted by molar-refractivity contribution is -0.140. The van der Waals surface area contributed by atoms with Crippen molar-refractivity contribution in [3.8, 4) is 5.75 Å². The van der Waals surface area contributed by atoms with Crippen molar-refractivity contribution in [2.75, 3.05) is 0 Å². The van der Waals surface area contributed by atoms with Gasteiger partial charge < -0.3 is 15.1 Å². The van der Waals surface area contributed by atoms with Crippen molar-refractivity contribution in [2.45, 2.75) is 25.7 Å². The zero-order valence-corrected chi connectivity index (χ0v) is 18.3. The molecule has 1 aliphatic rings. The van der Waals surface area contributed by atoms with Crippen LogP contribution in [0.25, 0.3) is 5.76 Å². The van der Waals surface area contributed by atoms with E-state index in [0.29, 0.717) is 5.56 Å². The van der Waals surface area contributed by atoms with E-state index in [-0.39, 0.29) is 34.6 Å². The Balaban J connectivity index is 1.85. The Labute approximate surface area is 197 Å². The third kappa shape index (κ3) is 4.62. The molecule has 3 aromatic rings. The molecule has 180 valence electrons. The maximum atomic E-state index is 13.7. The first-order valence-corrected chi connectivity index (χ1v) is 10.5. The maximum Gasteiger partial charge on any atom is 0.416 e. The molecule has 2 N–H and O–H groups in total. The van der Waals surface area contributed by atoms with E-state index in [1.807, 2.05) is 0 Å². The molecule has 1 saturated heterocycles.